The fourth-order valence-corrected chi connectivity index (χ4v) is 3.44. The van der Waals surface area contributed by atoms with Crippen LogP contribution in [-0.4, -0.2) is 35.9 Å². The molecule has 1 aliphatic heterocycles. The summed E-state index contributed by atoms with van der Waals surface area (Å²) in [7, 11) is 0. The van der Waals surface area contributed by atoms with E-state index in [-0.39, 0.29) is 22.5 Å². The number of aryl methyl sites for hydroxylation is 1. The fourth-order valence-electron chi connectivity index (χ4n) is 3.33. The summed E-state index contributed by atoms with van der Waals surface area (Å²) in [4.78, 5) is 20.1. The van der Waals surface area contributed by atoms with Crippen LogP contribution in [0, 0.1) is 18.7 Å². The number of amidine groups is 1. The van der Waals surface area contributed by atoms with E-state index in [4.69, 9.17) is 17.3 Å². The van der Waals surface area contributed by atoms with Crippen LogP contribution >= 0.6 is 11.6 Å². The predicted molar refractivity (Wildman–Crippen MR) is 108 cm³/mol. The van der Waals surface area contributed by atoms with Gasteiger partial charge in [0.15, 0.2) is 6.10 Å². The third-order valence-corrected chi connectivity index (χ3v) is 5.10. The molecule has 2 heterocycles. The number of carbonyl (C=O) groups is 1. The molecule has 3 atom stereocenters. The molecule has 1 aromatic heterocycles. The standard InChI is InChI=1S/C20H18ClF5N4O2/c1-9-4-12(29-18(31)14-3-2-11(21)8-28-14)6-13(16(9)23)17-10(7-22)5-15(20(24,25)26)32-19(27)30-17/h2-4,6,8,10,15,17H,5,7H2,1H3,(H2,27,30)(H,29,31). The minimum absolute atomic E-state index is 0.0257. The van der Waals surface area contributed by atoms with Gasteiger partial charge < -0.3 is 15.8 Å². The zero-order valence-electron chi connectivity index (χ0n) is 16.6. The van der Waals surface area contributed by atoms with Gasteiger partial charge in [0.1, 0.15) is 11.5 Å². The molecule has 3 N–H and O–H groups in total. The van der Waals surface area contributed by atoms with E-state index in [2.05, 4.69) is 20.0 Å². The number of pyridine rings is 1. The molecule has 0 bridgehead atoms. The Kier molecular flexibility index (Phi) is 6.87. The number of hydrogen-bond acceptors (Lipinski definition) is 5. The highest BCUT2D eigenvalue weighted by Crippen LogP contribution is 2.39. The number of alkyl halides is 4. The van der Waals surface area contributed by atoms with Crippen LogP contribution in [-0.2, 0) is 4.74 Å². The smallest absolute Gasteiger partial charge is 0.425 e. The molecule has 1 amide bonds. The minimum Gasteiger partial charge on any atom is -0.452 e. The molecule has 0 spiro atoms. The summed E-state index contributed by atoms with van der Waals surface area (Å²) in [6, 6.07) is 3.10. The summed E-state index contributed by atoms with van der Waals surface area (Å²) in [5.74, 6) is -2.80. The van der Waals surface area contributed by atoms with Gasteiger partial charge in [-0.05, 0) is 36.8 Å². The summed E-state index contributed by atoms with van der Waals surface area (Å²) in [6.45, 7) is 0.166. The number of amides is 1. The van der Waals surface area contributed by atoms with Crippen molar-refractivity contribution in [3.8, 4) is 0 Å². The second-order valence-corrected chi connectivity index (χ2v) is 7.66. The molecule has 6 nitrogen and oxygen atoms in total. The number of hydrogen-bond donors (Lipinski definition) is 2. The zero-order valence-corrected chi connectivity index (χ0v) is 17.3. The molecule has 0 fully saturated rings. The number of nitrogens with one attached hydrogen (secondary N) is 1. The lowest BCUT2D eigenvalue weighted by molar-refractivity contribution is -0.203. The van der Waals surface area contributed by atoms with Gasteiger partial charge in [0, 0.05) is 29.8 Å². The Balaban J connectivity index is 1.96. The first-order chi connectivity index (χ1) is 15.0. The first-order valence-corrected chi connectivity index (χ1v) is 9.73. The Bertz CT molecular complexity index is 1030. The molecule has 0 saturated carbocycles. The van der Waals surface area contributed by atoms with Gasteiger partial charge >= 0.3 is 6.18 Å². The summed E-state index contributed by atoms with van der Waals surface area (Å²) in [5, 5.41) is 2.84. The maximum atomic E-state index is 14.9. The van der Waals surface area contributed by atoms with Crippen molar-refractivity contribution in [1.29, 1.82) is 0 Å². The van der Waals surface area contributed by atoms with Crippen LogP contribution in [0.25, 0.3) is 0 Å². The molecule has 0 aliphatic carbocycles. The number of aromatic nitrogens is 1. The van der Waals surface area contributed by atoms with Crippen molar-refractivity contribution in [3.05, 3.63) is 58.1 Å². The van der Waals surface area contributed by atoms with Crippen molar-refractivity contribution in [1.82, 2.24) is 4.98 Å². The van der Waals surface area contributed by atoms with E-state index in [1.807, 2.05) is 0 Å². The van der Waals surface area contributed by atoms with Crippen molar-refractivity contribution in [2.24, 2.45) is 16.6 Å². The molecule has 172 valence electrons. The maximum Gasteiger partial charge on any atom is 0.425 e. The molecule has 3 rings (SSSR count). The third-order valence-electron chi connectivity index (χ3n) is 4.88. The molecule has 0 saturated heterocycles. The molecular weight excluding hydrogens is 459 g/mol. The number of rotatable bonds is 4. The highest BCUT2D eigenvalue weighted by atomic mass is 35.5. The molecule has 1 aromatic carbocycles. The van der Waals surface area contributed by atoms with E-state index < -0.39 is 55.1 Å². The van der Waals surface area contributed by atoms with Crippen LogP contribution in [0.4, 0.5) is 27.6 Å². The number of anilines is 1. The first kappa shape index (κ1) is 23.7. The lowest BCUT2D eigenvalue weighted by atomic mass is 9.88. The van der Waals surface area contributed by atoms with Crippen molar-refractivity contribution < 1.29 is 31.5 Å². The molecule has 12 heteroatoms. The second kappa shape index (κ2) is 9.27. The van der Waals surface area contributed by atoms with Gasteiger partial charge in [-0.25, -0.2) is 14.4 Å². The number of nitrogens with two attached hydrogens (primary N) is 1. The van der Waals surface area contributed by atoms with Crippen LogP contribution in [0.3, 0.4) is 0 Å². The highest BCUT2D eigenvalue weighted by Gasteiger charge is 2.46. The molecule has 1 aliphatic rings. The van der Waals surface area contributed by atoms with Gasteiger partial charge in [0.2, 0.25) is 0 Å². The Hall–Kier alpha value is -2.95. The van der Waals surface area contributed by atoms with E-state index >= 15 is 0 Å². The molecule has 3 unspecified atom stereocenters. The lowest BCUT2D eigenvalue weighted by Crippen LogP contribution is -2.36. The molecule has 2 aromatic rings. The highest BCUT2D eigenvalue weighted by molar-refractivity contribution is 6.30. The van der Waals surface area contributed by atoms with E-state index in [1.165, 1.54) is 37.4 Å². The quantitative estimate of drug-likeness (QED) is 0.624. The predicted octanol–water partition coefficient (Wildman–Crippen LogP) is 4.73. The van der Waals surface area contributed by atoms with Crippen molar-refractivity contribution in [3.63, 3.8) is 0 Å². The van der Waals surface area contributed by atoms with Crippen LogP contribution in [0.1, 0.15) is 34.1 Å². The average molecular weight is 477 g/mol. The molecule has 0 radical (unpaired) electrons. The lowest BCUT2D eigenvalue weighted by Gasteiger charge is -2.24. The van der Waals surface area contributed by atoms with Crippen LogP contribution in [0.15, 0.2) is 35.5 Å². The number of nitrogens with zero attached hydrogens (tertiary/aromatic N) is 2. The fraction of sp³-hybridized carbons (Fsp3) is 0.350. The molecular formula is C20H18ClF5N4O2. The Morgan fingerprint density at radius 2 is 2.06 bits per heavy atom. The van der Waals surface area contributed by atoms with Crippen molar-refractivity contribution in [2.75, 3.05) is 12.0 Å². The van der Waals surface area contributed by atoms with Crippen LogP contribution in [0.2, 0.25) is 5.02 Å². The molecule has 32 heavy (non-hydrogen) atoms. The first-order valence-electron chi connectivity index (χ1n) is 9.35. The monoisotopic (exact) mass is 476 g/mol. The van der Waals surface area contributed by atoms with Gasteiger partial charge in [-0.3, -0.25) is 9.18 Å². The maximum absolute atomic E-state index is 14.9. The van der Waals surface area contributed by atoms with E-state index in [9.17, 15) is 26.7 Å². The third kappa shape index (κ3) is 5.26. The van der Waals surface area contributed by atoms with Crippen LogP contribution < -0.4 is 11.1 Å². The Morgan fingerprint density at radius 1 is 1.34 bits per heavy atom. The average Bonchev–Trinajstić information content (AvgIpc) is 2.89. The minimum atomic E-state index is -4.81. The normalized spacial score (nSPS) is 21.3. The Morgan fingerprint density at radius 3 is 2.66 bits per heavy atom. The summed E-state index contributed by atoms with van der Waals surface area (Å²) in [6.07, 6.45) is -6.72. The van der Waals surface area contributed by atoms with E-state index in [0.29, 0.717) is 5.02 Å². The Labute approximate surface area is 184 Å². The van der Waals surface area contributed by atoms with Gasteiger partial charge in [0.05, 0.1) is 17.7 Å². The second-order valence-electron chi connectivity index (χ2n) is 7.22. The van der Waals surface area contributed by atoms with Gasteiger partial charge in [0.25, 0.3) is 11.9 Å². The van der Waals surface area contributed by atoms with Gasteiger partial charge in [-0.1, -0.05) is 11.6 Å². The van der Waals surface area contributed by atoms with Gasteiger partial charge in [-0.2, -0.15) is 13.2 Å². The number of benzene rings is 1. The summed E-state index contributed by atoms with van der Waals surface area (Å²) < 4.78 is 72.8. The van der Waals surface area contributed by atoms with Crippen molar-refractivity contribution in [2.45, 2.75) is 31.7 Å². The van der Waals surface area contributed by atoms with E-state index in [1.54, 1.807) is 0 Å². The number of carbonyl (C=O) groups excluding carboxylic acids is 1. The summed E-state index contributed by atoms with van der Waals surface area (Å²) >= 11 is 5.74. The topological polar surface area (TPSA) is 89.6 Å². The van der Waals surface area contributed by atoms with Gasteiger partial charge in [-0.15, -0.1) is 0 Å². The largest absolute Gasteiger partial charge is 0.452 e. The van der Waals surface area contributed by atoms with Crippen LogP contribution in [0.5, 0.6) is 0 Å². The number of halogens is 6. The summed E-state index contributed by atoms with van der Waals surface area (Å²) in [5.41, 5.74) is 5.44. The number of ether oxygens (including phenoxy) is 1. The van der Waals surface area contributed by atoms with E-state index in [0.717, 1.165) is 0 Å². The SMILES string of the molecule is Cc1cc(NC(=O)c2ccc(Cl)cn2)cc(C2N=C(N)OC(C(F)(F)F)CC2CF)c1F. The zero-order chi connectivity index (χ0) is 23.6. The number of aliphatic imine (C=N–C) groups is 1. The van der Waals surface area contributed by atoms with Crippen molar-refractivity contribution >= 4 is 29.2 Å².